The fourth-order valence-electron chi connectivity index (χ4n) is 2.88. The Kier molecular flexibility index (Phi) is 7.21. The summed E-state index contributed by atoms with van der Waals surface area (Å²) < 4.78 is 6.19. The lowest BCUT2D eigenvalue weighted by Crippen LogP contribution is -2.25. The third-order valence-corrected chi connectivity index (χ3v) is 4.46. The zero-order valence-electron chi connectivity index (χ0n) is 17.0. The van der Waals surface area contributed by atoms with Gasteiger partial charge in [0.1, 0.15) is 11.5 Å². The molecular weight excluding hydrogens is 354 g/mol. The van der Waals surface area contributed by atoms with Crippen molar-refractivity contribution >= 4 is 11.9 Å². The van der Waals surface area contributed by atoms with E-state index in [0.29, 0.717) is 13.0 Å². The van der Waals surface area contributed by atoms with E-state index in [9.17, 15) is 9.59 Å². The zero-order valence-corrected chi connectivity index (χ0v) is 17.0. The molecule has 0 aliphatic heterocycles. The van der Waals surface area contributed by atoms with Gasteiger partial charge < -0.3 is 15.2 Å². The van der Waals surface area contributed by atoms with Gasteiger partial charge in [0.05, 0.1) is 6.42 Å². The number of aliphatic carboxylic acids is 1. The third-order valence-electron chi connectivity index (χ3n) is 4.46. The molecule has 0 radical (unpaired) electrons. The zero-order chi connectivity index (χ0) is 20.7. The van der Waals surface area contributed by atoms with E-state index >= 15 is 0 Å². The maximum Gasteiger partial charge on any atom is 0.303 e. The molecule has 0 spiro atoms. The molecule has 2 N–H and O–H groups in total. The van der Waals surface area contributed by atoms with Crippen LogP contribution in [0.2, 0.25) is 0 Å². The van der Waals surface area contributed by atoms with Gasteiger partial charge >= 0.3 is 5.97 Å². The monoisotopic (exact) mass is 383 g/mol. The first-order valence-electron chi connectivity index (χ1n) is 9.52. The second-order valence-corrected chi connectivity index (χ2v) is 7.94. The number of hydrogen-bond donors (Lipinski definition) is 2. The van der Waals surface area contributed by atoms with Crippen LogP contribution in [0.25, 0.3) is 0 Å². The van der Waals surface area contributed by atoms with Gasteiger partial charge in [-0.2, -0.15) is 0 Å². The Labute approximate surface area is 166 Å². The standard InChI is InChI=1S/C23H29NO4/c1-16-6-5-7-19(23(2,3)4)22(16)28-18-10-8-17(9-11-18)14-15-24-20(25)12-13-21(26)27/h5-11H,12-15H2,1-4H3,(H,24,25)(H,26,27). The first-order valence-corrected chi connectivity index (χ1v) is 9.52. The quantitative estimate of drug-likeness (QED) is 0.698. The van der Waals surface area contributed by atoms with Crippen LogP contribution in [0.1, 0.15) is 50.3 Å². The lowest BCUT2D eigenvalue weighted by molar-refractivity contribution is -0.138. The number of carbonyl (C=O) groups is 2. The van der Waals surface area contributed by atoms with E-state index in [0.717, 1.165) is 22.6 Å². The van der Waals surface area contributed by atoms with Crippen LogP contribution in [0, 0.1) is 6.92 Å². The molecule has 0 aliphatic carbocycles. The summed E-state index contributed by atoms with van der Waals surface area (Å²) >= 11 is 0. The summed E-state index contributed by atoms with van der Waals surface area (Å²) in [5, 5.41) is 11.3. The summed E-state index contributed by atoms with van der Waals surface area (Å²) in [6, 6.07) is 14.0. The summed E-state index contributed by atoms with van der Waals surface area (Å²) in [4.78, 5) is 22.0. The molecule has 0 saturated carbocycles. The van der Waals surface area contributed by atoms with E-state index in [1.165, 1.54) is 5.56 Å². The number of carboxylic acid groups (broad SMARTS) is 1. The molecule has 0 atom stereocenters. The number of rotatable bonds is 8. The molecule has 5 heteroatoms. The number of ether oxygens (including phenoxy) is 1. The number of carboxylic acids is 1. The van der Waals surface area contributed by atoms with Crippen LogP contribution < -0.4 is 10.1 Å². The fourth-order valence-corrected chi connectivity index (χ4v) is 2.88. The van der Waals surface area contributed by atoms with Crippen molar-refractivity contribution in [3.63, 3.8) is 0 Å². The Morgan fingerprint density at radius 3 is 2.32 bits per heavy atom. The van der Waals surface area contributed by atoms with Gasteiger partial charge in [-0.15, -0.1) is 0 Å². The minimum absolute atomic E-state index is 0.00858. The molecule has 0 unspecified atom stereocenters. The van der Waals surface area contributed by atoms with Crippen LogP contribution in [0.3, 0.4) is 0 Å². The normalized spacial score (nSPS) is 11.1. The first-order chi connectivity index (χ1) is 13.2. The van der Waals surface area contributed by atoms with Crippen molar-refractivity contribution in [3.8, 4) is 11.5 Å². The molecule has 2 rings (SSSR count). The molecule has 0 saturated heterocycles. The molecule has 150 valence electrons. The lowest BCUT2D eigenvalue weighted by Gasteiger charge is -2.24. The van der Waals surface area contributed by atoms with Gasteiger partial charge in [-0.3, -0.25) is 9.59 Å². The van der Waals surface area contributed by atoms with Gasteiger partial charge in [-0.1, -0.05) is 51.1 Å². The number of hydrogen-bond acceptors (Lipinski definition) is 3. The van der Waals surface area contributed by atoms with E-state index in [-0.39, 0.29) is 24.2 Å². The number of aryl methyl sites for hydroxylation is 1. The van der Waals surface area contributed by atoms with Crippen molar-refractivity contribution in [1.29, 1.82) is 0 Å². The highest BCUT2D eigenvalue weighted by Crippen LogP contribution is 2.36. The Bertz CT molecular complexity index is 819. The van der Waals surface area contributed by atoms with Gasteiger partial charge in [0.15, 0.2) is 0 Å². The summed E-state index contributed by atoms with van der Waals surface area (Å²) in [5.41, 5.74) is 3.33. The van der Waals surface area contributed by atoms with Crippen molar-refractivity contribution < 1.29 is 19.4 Å². The maximum atomic E-state index is 11.5. The molecule has 2 aromatic rings. The molecule has 0 heterocycles. The van der Waals surface area contributed by atoms with Crippen LogP contribution in [-0.4, -0.2) is 23.5 Å². The van der Waals surface area contributed by atoms with E-state index in [4.69, 9.17) is 9.84 Å². The van der Waals surface area contributed by atoms with Crippen LogP contribution >= 0.6 is 0 Å². The summed E-state index contributed by atoms with van der Waals surface area (Å²) in [7, 11) is 0. The molecule has 2 aromatic carbocycles. The number of benzene rings is 2. The Hall–Kier alpha value is -2.82. The predicted octanol–water partition coefficient (Wildman–Crippen LogP) is 4.61. The number of para-hydroxylation sites is 1. The van der Waals surface area contributed by atoms with Crippen molar-refractivity contribution in [2.75, 3.05) is 6.54 Å². The van der Waals surface area contributed by atoms with E-state index < -0.39 is 5.97 Å². The van der Waals surface area contributed by atoms with Crippen molar-refractivity contribution in [2.45, 2.75) is 52.4 Å². The van der Waals surface area contributed by atoms with Crippen LogP contribution in [0.4, 0.5) is 0 Å². The van der Waals surface area contributed by atoms with Gasteiger partial charge in [0.25, 0.3) is 0 Å². The van der Waals surface area contributed by atoms with Crippen LogP contribution in [0.5, 0.6) is 11.5 Å². The average molecular weight is 383 g/mol. The second-order valence-electron chi connectivity index (χ2n) is 7.94. The van der Waals surface area contributed by atoms with Gasteiger partial charge in [0.2, 0.25) is 5.91 Å². The van der Waals surface area contributed by atoms with E-state index in [2.05, 4.69) is 38.2 Å². The van der Waals surface area contributed by atoms with Crippen molar-refractivity contribution in [2.24, 2.45) is 0 Å². The van der Waals surface area contributed by atoms with Gasteiger partial charge in [0, 0.05) is 18.5 Å². The highest BCUT2D eigenvalue weighted by Gasteiger charge is 2.20. The minimum atomic E-state index is -0.964. The van der Waals surface area contributed by atoms with Crippen LogP contribution in [0.15, 0.2) is 42.5 Å². The van der Waals surface area contributed by atoms with Gasteiger partial charge in [-0.25, -0.2) is 0 Å². The average Bonchev–Trinajstić information content (AvgIpc) is 2.62. The molecule has 0 bridgehead atoms. The highest BCUT2D eigenvalue weighted by atomic mass is 16.5. The van der Waals surface area contributed by atoms with Crippen molar-refractivity contribution in [1.82, 2.24) is 5.32 Å². The molecule has 5 nitrogen and oxygen atoms in total. The Morgan fingerprint density at radius 1 is 1.04 bits per heavy atom. The molecule has 28 heavy (non-hydrogen) atoms. The molecule has 0 aliphatic rings. The first kappa shape index (κ1) is 21.5. The summed E-state index contributed by atoms with van der Waals surface area (Å²) in [6.45, 7) is 9.03. The largest absolute Gasteiger partial charge is 0.481 e. The lowest BCUT2D eigenvalue weighted by atomic mass is 9.85. The highest BCUT2D eigenvalue weighted by molar-refractivity contribution is 5.80. The smallest absolute Gasteiger partial charge is 0.303 e. The summed E-state index contributed by atoms with van der Waals surface area (Å²) in [6.07, 6.45) is 0.540. The Morgan fingerprint density at radius 2 is 1.71 bits per heavy atom. The SMILES string of the molecule is Cc1cccc(C(C)(C)C)c1Oc1ccc(CCNC(=O)CCC(=O)O)cc1. The molecule has 1 amide bonds. The van der Waals surface area contributed by atoms with E-state index in [1.807, 2.05) is 37.3 Å². The predicted molar refractivity (Wildman–Crippen MR) is 110 cm³/mol. The fraction of sp³-hybridized carbons (Fsp3) is 0.391. The third kappa shape index (κ3) is 6.41. The second kappa shape index (κ2) is 9.40. The number of amides is 1. The molecule has 0 aromatic heterocycles. The minimum Gasteiger partial charge on any atom is -0.481 e. The van der Waals surface area contributed by atoms with Gasteiger partial charge in [-0.05, 0) is 42.0 Å². The molecule has 0 fully saturated rings. The Balaban J connectivity index is 1.95. The number of carbonyl (C=O) groups excluding carboxylic acids is 1. The topological polar surface area (TPSA) is 75.6 Å². The van der Waals surface area contributed by atoms with Crippen molar-refractivity contribution in [3.05, 3.63) is 59.2 Å². The van der Waals surface area contributed by atoms with Crippen LogP contribution in [-0.2, 0) is 21.4 Å². The summed E-state index contributed by atoms with van der Waals surface area (Å²) in [5.74, 6) is 0.466. The molecular formula is C23H29NO4. The number of nitrogens with one attached hydrogen (secondary N) is 1. The maximum absolute atomic E-state index is 11.5. The van der Waals surface area contributed by atoms with E-state index in [1.54, 1.807) is 0 Å².